The molecule has 2 rings (SSSR count). The van der Waals surface area contributed by atoms with Crippen LogP contribution in [0.1, 0.15) is 33.3 Å². The fraction of sp³-hybridized carbons (Fsp3) is 0.500. The molecule has 1 aromatic carbocycles. The van der Waals surface area contributed by atoms with Crippen molar-refractivity contribution >= 4 is 21.8 Å². The molecule has 0 bridgehead atoms. The van der Waals surface area contributed by atoms with E-state index in [0.717, 1.165) is 0 Å². The van der Waals surface area contributed by atoms with E-state index < -0.39 is 16.1 Å². The second-order valence-electron chi connectivity index (χ2n) is 6.41. The van der Waals surface area contributed by atoms with Crippen molar-refractivity contribution in [1.82, 2.24) is 10.0 Å². The second-order valence-corrected chi connectivity index (χ2v) is 8.06. The molecule has 1 aliphatic heterocycles. The van der Waals surface area contributed by atoms with Gasteiger partial charge in [0.2, 0.25) is 5.91 Å². The fourth-order valence-electron chi connectivity index (χ4n) is 2.29. The predicted molar refractivity (Wildman–Crippen MR) is 89.8 cm³/mol. The summed E-state index contributed by atoms with van der Waals surface area (Å²) in [7, 11) is -3.59. The van der Waals surface area contributed by atoms with Crippen LogP contribution in [0.5, 0.6) is 0 Å². The average molecular weight is 337 g/mol. The number of nitrogens with zero attached hydrogens (tertiary/aromatic N) is 1. The molecule has 1 unspecified atom stereocenters. The van der Waals surface area contributed by atoms with Crippen molar-refractivity contribution in [2.75, 3.05) is 6.54 Å². The first-order valence-corrected chi connectivity index (χ1v) is 9.18. The lowest BCUT2D eigenvalue weighted by atomic mass is 10.0. The highest BCUT2D eigenvalue weighted by atomic mass is 32.2. The number of amides is 1. The van der Waals surface area contributed by atoms with E-state index in [4.69, 9.17) is 0 Å². The number of fused-ring (bicyclic) bond motifs is 1. The molecule has 1 atom stereocenters. The summed E-state index contributed by atoms with van der Waals surface area (Å²) in [6.07, 6.45) is 0. The van der Waals surface area contributed by atoms with Crippen molar-refractivity contribution in [3.63, 3.8) is 0 Å². The van der Waals surface area contributed by atoms with E-state index in [1.165, 1.54) is 6.07 Å². The molecule has 1 aliphatic rings. The highest BCUT2D eigenvalue weighted by molar-refractivity contribution is 7.90. The number of carbonyl (C=O) groups excluding carboxylic acids is 1. The third-order valence-electron chi connectivity index (χ3n) is 3.52. The number of benzene rings is 1. The van der Waals surface area contributed by atoms with Gasteiger partial charge in [0.05, 0.1) is 4.90 Å². The number of rotatable bonds is 5. The summed E-state index contributed by atoms with van der Waals surface area (Å²) < 4.78 is 26.7. The van der Waals surface area contributed by atoms with Crippen molar-refractivity contribution < 1.29 is 13.2 Å². The predicted octanol–water partition coefficient (Wildman–Crippen LogP) is 1.52. The minimum absolute atomic E-state index is 0.0491. The zero-order chi connectivity index (χ0) is 17.2. The molecule has 0 saturated carbocycles. The van der Waals surface area contributed by atoms with Gasteiger partial charge >= 0.3 is 0 Å². The lowest BCUT2D eigenvalue weighted by molar-refractivity contribution is -0.123. The lowest BCUT2D eigenvalue weighted by Gasteiger charge is -2.18. The quantitative estimate of drug-likeness (QED) is 0.854. The first kappa shape index (κ1) is 17.5. The van der Waals surface area contributed by atoms with Crippen LogP contribution >= 0.6 is 0 Å². The minimum atomic E-state index is -3.59. The van der Waals surface area contributed by atoms with E-state index in [1.807, 2.05) is 27.7 Å². The number of nitrogens with one attached hydrogen (secondary N) is 2. The van der Waals surface area contributed by atoms with E-state index in [0.29, 0.717) is 18.0 Å². The van der Waals surface area contributed by atoms with Gasteiger partial charge in [-0.3, -0.25) is 14.5 Å². The summed E-state index contributed by atoms with van der Waals surface area (Å²) in [4.78, 5) is 17.0. The summed E-state index contributed by atoms with van der Waals surface area (Å²) in [6.45, 7) is 8.36. The summed E-state index contributed by atoms with van der Waals surface area (Å²) in [5.41, 5.74) is 0.509. The molecular formula is C16H23N3O3S. The molecule has 1 heterocycles. The monoisotopic (exact) mass is 337 g/mol. The first-order valence-electron chi connectivity index (χ1n) is 7.70. The Labute approximate surface area is 137 Å². The Kier molecular flexibility index (Phi) is 5.09. The molecule has 2 N–H and O–H groups in total. The SMILES string of the molecule is CC(C)CNC(=O)C(N=C1NS(=O)(=O)c2ccccc21)C(C)C. The summed E-state index contributed by atoms with van der Waals surface area (Å²) >= 11 is 0. The van der Waals surface area contributed by atoms with Gasteiger partial charge in [0.25, 0.3) is 10.0 Å². The van der Waals surface area contributed by atoms with Crippen LogP contribution in [0.15, 0.2) is 34.2 Å². The van der Waals surface area contributed by atoms with Crippen LogP contribution in [0.3, 0.4) is 0 Å². The Morgan fingerprint density at radius 3 is 2.48 bits per heavy atom. The van der Waals surface area contributed by atoms with E-state index in [2.05, 4.69) is 15.0 Å². The van der Waals surface area contributed by atoms with Crippen LogP contribution in [-0.4, -0.2) is 32.7 Å². The van der Waals surface area contributed by atoms with Gasteiger partial charge in [-0.05, 0) is 24.0 Å². The third-order valence-corrected chi connectivity index (χ3v) is 4.91. The van der Waals surface area contributed by atoms with E-state index in [9.17, 15) is 13.2 Å². The van der Waals surface area contributed by atoms with Crippen molar-refractivity contribution in [3.05, 3.63) is 29.8 Å². The smallest absolute Gasteiger partial charge is 0.263 e. The maximum absolute atomic E-state index is 12.4. The van der Waals surface area contributed by atoms with Gasteiger partial charge in [0.1, 0.15) is 11.9 Å². The Balaban J connectivity index is 2.33. The van der Waals surface area contributed by atoms with Gasteiger partial charge in [-0.2, -0.15) is 0 Å². The van der Waals surface area contributed by atoms with Gasteiger partial charge in [0, 0.05) is 12.1 Å². The molecule has 0 saturated heterocycles. The van der Waals surface area contributed by atoms with Crippen molar-refractivity contribution in [1.29, 1.82) is 0 Å². The number of aliphatic imine (C=N–C) groups is 1. The van der Waals surface area contributed by atoms with Gasteiger partial charge in [-0.25, -0.2) is 8.42 Å². The van der Waals surface area contributed by atoms with Gasteiger partial charge in [0.15, 0.2) is 0 Å². The van der Waals surface area contributed by atoms with Crippen molar-refractivity contribution in [2.24, 2.45) is 16.8 Å². The van der Waals surface area contributed by atoms with Gasteiger partial charge in [-0.15, -0.1) is 0 Å². The molecule has 1 aromatic rings. The normalized spacial score (nSPS) is 18.8. The molecule has 0 aliphatic carbocycles. The van der Waals surface area contributed by atoms with Crippen LogP contribution in [0, 0.1) is 11.8 Å². The minimum Gasteiger partial charge on any atom is -0.354 e. The molecule has 126 valence electrons. The summed E-state index contributed by atoms with van der Waals surface area (Å²) in [5, 5.41) is 2.86. The highest BCUT2D eigenvalue weighted by Crippen LogP contribution is 2.23. The van der Waals surface area contributed by atoms with Gasteiger partial charge in [-0.1, -0.05) is 39.8 Å². The van der Waals surface area contributed by atoms with E-state index in [-0.39, 0.29) is 22.6 Å². The molecule has 0 spiro atoms. The van der Waals surface area contributed by atoms with Crippen LogP contribution in [0.25, 0.3) is 0 Å². The van der Waals surface area contributed by atoms with Crippen LogP contribution < -0.4 is 10.0 Å². The van der Waals surface area contributed by atoms with Crippen molar-refractivity contribution in [3.8, 4) is 0 Å². The molecular weight excluding hydrogens is 314 g/mol. The number of hydrogen-bond acceptors (Lipinski definition) is 4. The number of sulfonamides is 1. The standard InChI is InChI=1S/C16H23N3O3S/c1-10(2)9-17-16(20)14(11(3)4)18-15-12-7-5-6-8-13(12)23(21,22)19-15/h5-8,10-11,14H,9H2,1-4H3,(H,17,20)(H,18,19). The maximum atomic E-state index is 12.4. The summed E-state index contributed by atoms with van der Waals surface area (Å²) in [5.74, 6) is 0.334. The van der Waals surface area contributed by atoms with Crippen LogP contribution in [0.4, 0.5) is 0 Å². The molecule has 0 aromatic heterocycles. The number of amidine groups is 1. The van der Waals surface area contributed by atoms with Crippen LogP contribution in [-0.2, 0) is 14.8 Å². The van der Waals surface area contributed by atoms with Crippen molar-refractivity contribution in [2.45, 2.75) is 38.6 Å². The number of carbonyl (C=O) groups is 1. The second kappa shape index (κ2) is 6.70. The molecule has 7 heteroatoms. The fourth-order valence-corrected chi connectivity index (χ4v) is 3.53. The lowest BCUT2D eigenvalue weighted by Crippen LogP contribution is -2.40. The molecule has 0 fully saturated rings. The average Bonchev–Trinajstić information content (AvgIpc) is 2.73. The molecule has 0 radical (unpaired) electrons. The maximum Gasteiger partial charge on any atom is 0.263 e. The Hall–Kier alpha value is -1.89. The molecule has 6 nitrogen and oxygen atoms in total. The highest BCUT2D eigenvalue weighted by Gasteiger charge is 2.32. The van der Waals surface area contributed by atoms with E-state index in [1.54, 1.807) is 18.2 Å². The number of hydrogen-bond donors (Lipinski definition) is 2. The van der Waals surface area contributed by atoms with E-state index >= 15 is 0 Å². The topological polar surface area (TPSA) is 87.6 Å². The molecule has 1 amide bonds. The zero-order valence-electron chi connectivity index (χ0n) is 13.8. The summed E-state index contributed by atoms with van der Waals surface area (Å²) in [6, 6.07) is 5.99. The van der Waals surface area contributed by atoms with Crippen LogP contribution in [0.2, 0.25) is 0 Å². The Morgan fingerprint density at radius 1 is 1.22 bits per heavy atom. The first-order chi connectivity index (χ1) is 10.7. The molecule has 23 heavy (non-hydrogen) atoms. The largest absolute Gasteiger partial charge is 0.354 e. The Morgan fingerprint density at radius 2 is 1.87 bits per heavy atom. The third kappa shape index (κ3) is 3.90. The Bertz CT molecular complexity index is 724. The zero-order valence-corrected chi connectivity index (χ0v) is 14.6. The van der Waals surface area contributed by atoms with Gasteiger partial charge < -0.3 is 5.32 Å².